The zero-order chi connectivity index (χ0) is 22.3. The number of carbonyl (C=O) groups excluding carboxylic acids is 2. The van der Waals surface area contributed by atoms with E-state index in [2.05, 4.69) is 34.9 Å². The summed E-state index contributed by atoms with van der Waals surface area (Å²) in [5.41, 5.74) is 2.87. The van der Waals surface area contributed by atoms with Crippen LogP contribution in [0.4, 0.5) is 4.79 Å². The Labute approximate surface area is 186 Å². The van der Waals surface area contributed by atoms with E-state index in [0.717, 1.165) is 28.7 Å². The van der Waals surface area contributed by atoms with E-state index in [4.69, 9.17) is 9.84 Å². The summed E-state index contributed by atoms with van der Waals surface area (Å²) < 4.78 is 5.58. The van der Waals surface area contributed by atoms with Crippen molar-refractivity contribution in [1.29, 1.82) is 0 Å². The van der Waals surface area contributed by atoms with Gasteiger partial charge in [-0.1, -0.05) is 48.5 Å². The highest BCUT2D eigenvalue weighted by Gasteiger charge is 2.54. The Balaban J connectivity index is 1.22. The van der Waals surface area contributed by atoms with E-state index in [0.29, 0.717) is 25.7 Å². The van der Waals surface area contributed by atoms with Gasteiger partial charge in [-0.15, -0.1) is 0 Å². The van der Waals surface area contributed by atoms with Gasteiger partial charge in [-0.2, -0.15) is 0 Å². The Morgan fingerprint density at radius 3 is 2.00 bits per heavy atom. The van der Waals surface area contributed by atoms with Gasteiger partial charge in [0.25, 0.3) is 0 Å². The van der Waals surface area contributed by atoms with Crippen LogP contribution in [0.15, 0.2) is 48.5 Å². The zero-order valence-corrected chi connectivity index (χ0v) is 17.7. The van der Waals surface area contributed by atoms with Crippen LogP contribution >= 0.6 is 0 Å². The molecule has 0 saturated heterocycles. The summed E-state index contributed by atoms with van der Waals surface area (Å²) >= 11 is 0. The zero-order valence-electron chi connectivity index (χ0n) is 17.7. The van der Waals surface area contributed by atoms with Gasteiger partial charge in [-0.05, 0) is 54.4 Å². The summed E-state index contributed by atoms with van der Waals surface area (Å²) in [6, 6.07) is 16.2. The molecule has 2 fully saturated rings. The summed E-state index contributed by atoms with van der Waals surface area (Å²) in [6.07, 6.45) is 2.50. The predicted octanol–water partition coefficient (Wildman–Crippen LogP) is 3.57. The van der Waals surface area contributed by atoms with Crippen molar-refractivity contribution in [2.24, 2.45) is 0 Å². The Hall–Kier alpha value is -3.35. The van der Waals surface area contributed by atoms with Crippen molar-refractivity contribution in [2.75, 3.05) is 6.61 Å². The number of hydrogen-bond donors (Lipinski definition) is 3. The molecule has 7 nitrogen and oxygen atoms in total. The molecule has 3 N–H and O–H groups in total. The number of rotatable bonds is 7. The first-order valence-corrected chi connectivity index (χ1v) is 11.1. The van der Waals surface area contributed by atoms with E-state index in [1.165, 1.54) is 0 Å². The lowest BCUT2D eigenvalue weighted by atomic mass is 9.74. The van der Waals surface area contributed by atoms with E-state index in [-0.39, 0.29) is 24.9 Å². The van der Waals surface area contributed by atoms with Crippen molar-refractivity contribution >= 4 is 18.0 Å². The van der Waals surface area contributed by atoms with Crippen molar-refractivity contribution in [3.05, 3.63) is 59.7 Å². The highest BCUT2D eigenvalue weighted by Crippen LogP contribution is 2.45. The van der Waals surface area contributed by atoms with Gasteiger partial charge in [0.15, 0.2) is 0 Å². The normalized spacial score (nSPS) is 19.1. The molecule has 32 heavy (non-hydrogen) atoms. The molecule has 2 aromatic carbocycles. The number of amides is 2. The van der Waals surface area contributed by atoms with Crippen LogP contribution in [-0.2, 0) is 14.3 Å². The molecule has 0 aliphatic heterocycles. The Bertz CT molecular complexity index is 1040. The van der Waals surface area contributed by atoms with Crippen LogP contribution in [0.3, 0.4) is 0 Å². The first-order chi connectivity index (χ1) is 15.4. The van der Waals surface area contributed by atoms with E-state index >= 15 is 0 Å². The molecule has 0 unspecified atom stereocenters. The minimum Gasteiger partial charge on any atom is -0.481 e. The van der Waals surface area contributed by atoms with Crippen molar-refractivity contribution < 1.29 is 24.2 Å². The third-order valence-electron chi connectivity index (χ3n) is 7.05. The molecule has 7 heteroatoms. The molecule has 0 atom stereocenters. The average Bonchev–Trinajstić information content (AvgIpc) is 3.46. The first-order valence-electron chi connectivity index (χ1n) is 11.1. The maximum absolute atomic E-state index is 12.9. The highest BCUT2D eigenvalue weighted by molar-refractivity contribution is 5.93. The van der Waals surface area contributed by atoms with Gasteiger partial charge in [-0.3, -0.25) is 9.59 Å². The van der Waals surface area contributed by atoms with Crippen LogP contribution in [0.2, 0.25) is 0 Å². The maximum Gasteiger partial charge on any atom is 0.408 e. The molecule has 0 bridgehead atoms. The molecule has 5 rings (SSSR count). The highest BCUT2D eigenvalue weighted by atomic mass is 16.5. The van der Waals surface area contributed by atoms with Crippen LogP contribution in [0.25, 0.3) is 11.1 Å². The second-order valence-corrected chi connectivity index (χ2v) is 9.19. The first kappa shape index (κ1) is 20.5. The molecule has 0 radical (unpaired) electrons. The van der Waals surface area contributed by atoms with Gasteiger partial charge < -0.3 is 20.5 Å². The fraction of sp³-hybridized carbons (Fsp3) is 0.400. The summed E-state index contributed by atoms with van der Waals surface area (Å²) in [5, 5.41) is 14.8. The predicted molar refractivity (Wildman–Crippen MR) is 117 cm³/mol. The summed E-state index contributed by atoms with van der Waals surface area (Å²) in [6.45, 7) is 0.181. The fourth-order valence-corrected chi connectivity index (χ4v) is 4.96. The largest absolute Gasteiger partial charge is 0.481 e. The van der Waals surface area contributed by atoms with Crippen molar-refractivity contribution in [3.8, 4) is 11.1 Å². The van der Waals surface area contributed by atoms with Crippen molar-refractivity contribution in [3.63, 3.8) is 0 Å². The number of carbonyl (C=O) groups is 3. The molecule has 2 aromatic rings. The monoisotopic (exact) mass is 434 g/mol. The van der Waals surface area contributed by atoms with E-state index in [1.54, 1.807) is 0 Å². The molecule has 0 spiro atoms. The number of ether oxygens (including phenoxy) is 1. The van der Waals surface area contributed by atoms with Crippen LogP contribution in [0, 0.1) is 0 Å². The van der Waals surface area contributed by atoms with Crippen LogP contribution < -0.4 is 10.6 Å². The number of carboxylic acid groups (broad SMARTS) is 1. The van der Waals surface area contributed by atoms with E-state index in [9.17, 15) is 14.4 Å². The molecule has 2 amide bonds. The second kappa shape index (κ2) is 7.65. The van der Waals surface area contributed by atoms with Crippen molar-refractivity contribution in [2.45, 2.75) is 55.5 Å². The van der Waals surface area contributed by atoms with Gasteiger partial charge in [0, 0.05) is 5.92 Å². The number of benzene rings is 2. The number of alkyl carbamates (subject to hydrolysis) is 1. The molecule has 3 aliphatic carbocycles. The van der Waals surface area contributed by atoms with E-state index in [1.807, 2.05) is 24.3 Å². The van der Waals surface area contributed by atoms with Gasteiger partial charge in [0.1, 0.15) is 12.1 Å². The van der Waals surface area contributed by atoms with Crippen LogP contribution in [0.1, 0.15) is 55.6 Å². The summed E-state index contributed by atoms with van der Waals surface area (Å²) in [4.78, 5) is 36.6. The Kier molecular flexibility index (Phi) is 4.92. The smallest absolute Gasteiger partial charge is 0.408 e. The molecule has 2 saturated carbocycles. The second-order valence-electron chi connectivity index (χ2n) is 9.19. The minimum atomic E-state index is -0.996. The van der Waals surface area contributed by atoms with Gasteiger partial charge in [0.05, 0.1) is 12.0 Å². The lowest BCUT2D eigenvalue weighted by Gasteiger charge is -2.42. The number of carboxylic acids is 1. The molecular formula is C25H26N2O5. The lowest BCUT2D eigenvalue weighted by molar-refractivity contribution is -0.140. The third-order valence-corrected chi connectivity index (χ3v) is 7.05. The quantitative estimate of drug-likeness (QED) is 0.618. The lowest BCUT2D eigenvalue weighted by Crippen LogP contribution is -2.60. The van der Waals surface area contributed by atoms with Crippen LogP contribution in [0.5, 0.6) is 0 Å². The molecular weight excluding hydrogens is 408 g/mol. The van der Waals surface area contributed by atoms with Gasteiger partial charge in [0.2, 0.25) is 5.91 Å². The number of hydrogen-bond acceptors (Lipinski definition) is 4. The van der Waals surface area contributed by atoms with E-state index < -0.39 is 23.1 Å². The fourth-order valence-electron chi connectivity index (χ4n) is 4.96. The standard InChI is InChI=1S/C25H26N2O5/c28-21(29)14-24(10-5-11-24)26-22(30)25(12-13-25)27-23(31)32-15-20-18-8-3-1-6-16(18)17-7-2-4-9-19(17)20/h1-4,6-9,20H,5,10-15H2,(H,26,30)(H,27,31)(H,28,29). The third kappa shape index (κ3) is 3.61. The SMILES string of the molecule is O=C(O)CC1(NC(=O)C2(NC(=O)OCC3c4ccccc4-c4ccccc43)CC2)CCC1. The molecule has 3 aliphatic rings. The van der Waals surface area contributed by atoms with Gasteiger partial charge >= 0.3 is 12.1 Å². The summed E-state index contributed by atoms with van der Waals surface area (Å²) in [5.74, 6) is -1.29. The summed E-state index contributed by atoms with van der Waals surface area (Å²) in [7, 11) is 0. The Morgan fingerprint density at radius 2 is 1.50 bits per heavy atom. The molecule has 0 heterocycles. The maximum atomic E-state index is 12.9. The average molecular weight is 434 g/mol. The topological polar surface area (TPSA) is 105 Å². The van der Waals surface area contributed by atoms with Crippen LogP contribution in [-0.4, -0.2) is 40.8 Å². The molecule has 166 valence electrons. The van der Waals surface area contributed by atoms with Crippen molar-refractivity contribution in [1.82, 2.24) is 10.6 Å². The number of aliphatic carboxylic acids is 1. The van der Waals surface area contributed by atoms with Gasteiger partial charge in [-0.25, -0.2) is 4.79 Å². The number of nitrogens with one attached hydrogen (secondary N) is 2. The Morgan fingerprint density at radius 1 is 0.906 bits per heavy atom. The molecule has 0 aromatic heterocycles. The number of fused-ring (bicyclic) bond motifs is 3. The minimum absolute atomic E-state index is 0.0501.